The number of nitrogens with zero attached hydrogens (tertiary/aromatic N) is 1. The molecule has 2 N–H and O–H groups in total. The number of amides is 1. The summed E-state index contributed by atoms with van der Waals surface area (Å²) in [5.74, 6) is 0.0130. The van der Waals surface area contributed by atoms with Gasteiger partial charge in [0.2, 0.25) is 0 Å². The topological polar surface area (TPSA) is 54.0 Å². The lowest BCUT2D eigenvalue weighted by Gasteiger charge is -2.23. The van der Waals surface area contributed by atoms with Crippen LogP contribution >= 0.6 is 11.3 Å². The van der Waals surface area contributed by atoms with E-state index in [1.54, 1.807) is 16.8 Å². The molecule has 1 aliphatic rings. The Balaban J connectivity index is 1.74. The van der Waals surface area contributed by atoms with Gasteiger partial charge in [0, 0.05) is 18.2 Å². The van der Waals surface area contributed by atoms with Crippen LogP contribution in [0, 0.1) is 0 Å². The van der Waals surface area contributed by atoms with Crippen molar-refractivity contribution in [2.24, 2.45) is 0 Å². The highest BCUT2D eigenvalue weighted by Crippen LogP contribution is 2.19. The van der Waals surface area contributed by atoms with E-state index in [-0.39, 0.29) is 11.9 Å². The van der Waals surface area contributed by atoms with Crippen molar-refractivity contribution >= 4 is 27.5 Å². The number of hydrogen-bond acceptors (Lipinski definition) is 4. The number of thiazole rings is 1. The van der Waals surface area contributed by atoms with Gasteiger partial charge in [-0.3, -0.25) is 4.79 Å². The molecule has 1 amide bonds. The molecule has 0 radical (unpaired) electrons. The fourth-order valence-electron chi connectivity index (χ4n) is 2.24. The van der Waals surface area contributed by atoms with Crippen LogP contribution in [0.25, 0.3) is 10.2 Å². The van der Waals surface area contributed by atoms with E-state index >= 15 is 0 Å². The van der Waals surface area contributed by atoms with Crippen LogP contribution in [0.5, 0.6) is 0 Å². The molecule has 1 atom stereocenters. The Labute approximate surface area is 109 Å². The number of piperidine rings is 1. The lowest BCUT2D eigenvalue weighted by molar-refractivity contribution is 0.0931. The summed E-state index contributed by atoms with van der Waals surface area (Å²) in [5, 5.41) is 6.37. The van der Waals surface area contributed by atoms with Crippen molar-refractivity contribution in [2.45, 2.75) is 18.9 Å². The summed E-state index contributed by atoms with van der Waals surface area (Å²) < 4.78 is 1.06. The van der Waals surface area contributed by atoms with Crippen molar-refractivity contribution in [1.29, 1.82) is 0 Å². The Bertz CT molecular complexity index is 560. The molecule has 4 nitrogen and oxygen atoms in total. The summed E-state index contributed by atoms with van der Waals surface area (Å²) in [6, 6.07) is 5.91. The van der Waals surface area contributed by atoms with Gasteiger partial charge >= 0.3 is 0 Å². The molecule has 1 aromatic heterocycles. The standard InChI is InChI=1S/C13H15N3OS/c17-13(16-10-2-1-5-14-7-10)9-3-4-11-12(6-9)18-8-15-11/h3-4,6,8,10,14H,1-2,5,7H2,(H,16,17). The summed E-state index contributed by atoms with van der Waals surface area (Å²) >= 11 is 1.56. The molecule has 0 aliphatic carbocycles. The molecule has 94 valence electrons. The number of carbonyl (C=O) groups excluding carboxylic acids is 1. The Hall–Kier alpha value is -1.46. The van der Waals surface area contributed by atoms with E-state index < -0.39 is 0 Å². The first-order valence-corrected chi connectivity index (χ1v) is 7.06. The SMILES string of the molecule is O=C(NC1CCCNC1)c1ccc2ncsc2c1. The van der Waals surface area contributed by atoms with E-state index in [0.29, 0.717) is 0 Å². The zero-order valence-electron chi connectivity index (χ0n) is 9.98. The summed E-state index contributed by atoms with van der Waals surface area (Å²) in [6.45, 7) is 1.92. The number of aromatic nitrogens is 1. The van der Waals surface area contributed by atoms with E-state index in [4.69, 9.17) is 0 Å². The summed E-state index contributed by atoms with van der Waals surface area (Å²) in [7, 11) is 0. The average Bonchev–Trinajstić information content (AvgIpc) is 2.87. The summed E-state index contributed by atoms with van der Waals surface area (Å²) in [5.41, 5.74) is 3.48. The minimum Gasteiger partial charge on any atom is -0.348 e. The molecule has 5 heteroatoms. The largest absolute Gasteiger partial charge is 0.348 e. The monoisotopic (exact) mass is 261 g/mol. The van der Waals surface area contributed by atoms with Crippen molar-refractivity contribution in [1.82, 2.24) is 15.6 Å². The van der Waals surface area contributed by atoms with Crippen molar-refractivity contribution in [3.05, 3.63) is 29.3 Å². The van der Waals surface area contributed by atoms with Gasteiger partial charge in [0.05, 0.1) is 15.7 Å². The molecular formula is C13H15N3OS. The van der Waals surface area contributed by atoms with E-state index in [9.17, 15) is 4.79 Å². The van der Waals surface area contributed by atoms with E-state index in [0.717, 1.165) is 41.7 Å². The minimum atomic E-state index is 0.0130. The van der Waals surface area contributed by atoms with Crippen LogP contribution in [0.15, 0.2) is 23.7 Å². The molecule has 0 saturated carbocycles. The molecule has 1 aromatic carbocycles. The maximum atomic E-state index is 12.1. The Morgan fingerprint density at radius 3 is 3.28 bits per heavy atom. The van der Waals surface area contributed by atoms with Gasteiger partial charge < -0.3 is 10.6 Å². The third-order valence-corrected chi connectivity index (χ3v) is 4.02. The van der Waals surface area contributed by atoms with Crippen LogP contribution in [0.2, 0.25) is 0 Å². The van der Waals surface area contributed by atoms with Crippen LogP contribution in [-0.2, 0) is 0 Å². The Kier molecular flexibility index (Phi) is 3.25. The van der Waals surface area contributed by atoms with Crippen molar-refractivity contribution < 1.29 is 4.79 Å². The van der Waals surface area contributed by atoms with Crippen LogP contribution < -0.4 is 10.6 Å². The van der Waals surface area contributed by atoms with Gasteiger partial charge in [-0.1, -0.05) is 0 Å². The van der Waals surface area contributed by atoms with E-state index in [1.807, 2.05) is 18.2 Å². The quantitative estimate of drug-likeness (QED) is 0.866. The molecule has 1 unspecified atom stereocenters. The van der Waals surface area contributed by atoms with Crippen LogP contribution in [0.1, 0.15) is 23.2 Å². The second-order valence-corrected chi connectivity index (χ2v) is 5.44. The number of nitrogens with one attached hydrogen (secondary N) is 2. The first-order chi connectivity index (χ1) is 8.83. The van der Waals surface area contributed by atoms with E-state index in [1.165, 1.54) is 0 Å². The second kappa shape index (κ2) is 5.04. The fraction of sp³-hybridized carbons (Fsp3) is 0.385. The van der Waals surface area contributed by atoms with Gasteiger partial charge in [0.25, 0.3) is 5.91 Å². The molecule has 1 saturated heterocycles. The first kappa shape index (κ1) is 11.6. The maximum Gasteiger partial charge on any atom is 0.251 e. The van der Waals surface area contributed by atoms with Crippen molar-refractivity contribution in [2.75, 3.05) is 13.1 Å². The first-order valence-electron chi connectivity index (χ1n) is 6.18. The van der Waals surface area contributed by atoms with Crippen molar-refractivity contribution in [3.8, 4) is 0 Å². The molecule has 18 heavy (non-hydrogen) atoms. The molecule has 0 bridgehead atoms. The van der Waals surface area contributed by atoms with Gasteiger partial charge in [-0.05, 0) is 37.6 Å². The third-order valence-electron chi connectivity index (χ3n) is 3.23. The van der Waals surface area contributed by atoms with Gasteiger partial charge in [-0.25, -0.2) is 4.98 Å². The lowest BCUT2D eigenvalue weighted by atomic mass is 10.1. The fourth-order valence-corrected chi connectivity index (χ4v) is 2.96. The van der Waals surface area contributed by atoms with Gasteiger partial charge in [0.1, 0.15) is 0 Å². The molecule has 1 fully saturated rings. The van der Waals surface area contributed by atoms with E-state index in [2.05, 4.69) is 15.6 Å². The zero-order valence-corrected chi connectivity index (χ0v) is 10.8. The number of rotatable bonds is 2. The lowest BCUT2D eigenvalue weighted by Crippen LogP contribution is -2.45. The number of fused-ring (bicyclic) bond motifs is 1. The molecule has 1 aliphatic heterocycles. The predicted molar refractivity (Wildman–Crippen MR) is 73.0 cm³/mol. The van der Waals surface area contributed by atoms with Gasteiger partial charge in [-0.15, -0.1) is 11.3 Å². The molecule has 3 rings (SSSR count). The highest BCUT2D eigenvalue weighted by molar-refractivity contribution is 7.16. The number of benzene rings is 1. The zero-order chi connectivity index (χ0) is 12.4. The minimum absolute atomic E-state index is 0.0130. The molecule has 2 aromatic rings. The Morgan fingerprint density at radius 1 is 1.50 bits per heavy atom. The van der Waals surface area contributed by atoms with Crippen molar-refractivity contribution in [3.63, 3.8) is 0 Å². The second-order valence-electron chi connectivity index (χ2n) is 4.55. The van der Waals surface area contributed by atoms with Gasteiger partial charge in [-0.2, -0.15) is 0 Å². The molecule has 2 heterocycles. The molecule has 0 spiro atoms. The smallest absolute Gasteiger partial charge is 0.251 e. The molecular weight excluding hydrogens is 246 g/mol. The average molecular weight is 261 g/mol. The highest BCUT2D eigenvalue weighted by atomic mass is 32.1. The predicted octanol–water partition coefficient (Wildman–Crippen LogP) is 1.78. The van der Waals surface area contributed by atoms with Crippen LogP contribution in [0.4, 0.5) is 0 Å². The summed E-state index contributed by atoms with van der Waals surface area (Å²) in [6.07, 6.45) is 2.18. The number of carbonyl (C=O) groups is 1. The normalized spacial score (nSPS) is 19.9. The van der Waals surface area contributed by atoms with Gasteiger partial charge in [0.15, 0.2) is 0 Å². The van der Waals surface area contributed by atoms with Crippen LogP contribution in [0.3, 0.4) is 0 Å². The summed E-state index contributed by atoms with van der Waals surface area (Å²) in [4.78, 5) is 16.3. The third kappa shape index (κ3) is 2.37. The number of hydrogen-bond donors (Lipinski definition) is 2. The highest BCUT2D eigenvalue weighted by Gasteiger charge is 2.16. The van der Waals surface area contributed by atoms with Crippen LogP contribution in [-0.4, -0.2) is 30.0 Å². The maximum absolute atomic E-state index is 12.1. The Morgan fingerprint density at radius 2 is 2.44 bits per heavy atom.